The van der Waals surface area contributed by atoms with Crippen molar-refractivity contribution >= 4 is 5.91 Å². The Morgan fingerprint density at radius 2 is 2.10 bits per heavy atom. The lowest BCUT2D eigenvalue weighted by Crippen LogP contribution is -2.57. The van der Waals surface area contributed by atoms with Crippen LogP contribution in [-0.2, 0) is 22.5 Å². The van der Waals surface area contributed by atoms with E-state index in [0.717, 1.165) is 30.9 Å². The first kappa shape index (κ1) is 15.9. The summed E-state index contributed by atoms with van der Waals surface area (Å²) in [6.45, 7) is 6.59. The second-order valence-corrected chi connectivity index (χ2v) is 5.85. The van der Waals surface area contributed by atoms with Crippen molar-refractivity contribution in [2.75, 3.05) is 33.8 Å². The van der Waals surface area contributed by atoms with Gasteiger partial charge in [0.25, 0.3) is 5.91 Å². The van der Waals surface area contributed by atoms with Crippen LogP contribution >= 0.6 is 0 Å². The van der Waals surface area contributed by atoms with E-state index in [2.05, 4.69) is 14.9 Å². The van der Waals surface area contributed by atoms with Gasteiger partial charge < -0.3 is 9.64 Å². The number of aromatic nitrogens is 2. The molecule has 0 radical (unpaired) electrons. The fraction of sp³-hybridized carbons (Fsp3) is 0.667. The predicted octanol–water partition coefficient (Wildman–Crippen LogP) is 0.718. The first-order valence-corrected chi connectivity index (χ1v) is 7.32. The first-order valence-electron chi connectivity index (χ1n) is 7.32. The van der Waals surface area contributed by atoms with Gasteiger partial charge in [-0.05, 0) is 6.92 Å². The van der Waals surface area contributed by atoms with E-state index in [1.165, 1.54) is 0 Å². The lowest BCUT2D eigenvalue weighted by Gasteiger charge is -2.40. The summed E-state index contributed by atoms with van der Waals surface area (Å²) in [4.78, 5) is 24.7. The average Bonchev–Trinajstić information content (AvgIpc) is 2.47. The third-order valence-electron chi connectivity index (χ3n) is 3.69. The van der Waals surface area contributed by atoms with Crippen LogP contribution in [0.25, 0.3) is 0 Å². The van der Waals surface area contributed by atoms with Gasteiger partial charge in [0.1, 0.15) is 5.82 Å². The number of nitrogens with zero attached hydrogens (tertiary/aromatic N) is 4. The zero-order chi connectivity index (χ0) is 15.5. The van der Waals surface area contributed by atoms with Gasteiger partial charge in [-0.3, -0.25) is 9.69 Å². The van der Waals surface area contributed by atoms with Crippen LogP contribution in [0.2, 0.25) is 0 Å². The highest BCUT2D eigenvalue weighted by Gasteiger charge is 2.40. The number of rotatable bonds is 4. The quantitative estimate of drug-likeness (QED) is 0.818. The molecule has 1 atom stereocenters. The molecule has 21 heavy (non-hydrogen) atoms. The van der Waals surface area contributed by atoms with Crippen molar-refractivity contribution in [3.63, 3.8) is 0 Å². The largest absolute Gasteiger partial charge is 0.363 e. The second-order valence-electron chi connectivity index (χ2n) is 5.85. The van der Waals surface area contributed by atoms with Gasteiger partial charge in [-0.2, -0.15) is 0 Å². The smallest absolute Gasteiger partial charge is 0.255 e. The summed E-state index contributed by atoms with van der Waals surface area (Å²) < 4.78 is 5.73. The molecule has 6 heteroatoms. The van der Waals surface area contributed by atoms with E-state index in [1.54, 1.807) is 19.0 Å². The van der Waals surface area contributed by atoms with Crippen LogP contribution in [0.3, 0.4) is 0 Å². The Labute approximate surface area is 126 Å². The maximum Gasteiger partial charge on any atom is 0.255 e. The number of carbonyl (C=O) groups excluding carboxylic acids is 1. The Morgan fingerprint density at radius 3 is 2.67 bits per heavy atom. The van der Waals surface area contributed by atoms with Crippen LogP contribution in [0, 0.1) is 0 Å². The molecule has 1 aliphatic rings. The summed E-state index contributed by atoms with van der Waals surface area (Å²) in [5.74, 6) is 0.859. The molecule has 6 nitrogen and oxygen atoms in total. The summed E-state index contributed by atoms with van der Waals surface area (Å²) in [6.07, 6.45) is 4.58. The molecule has 0 N–H and O–H groups in total. The summed E-state index contributed by atoms with van der Waals surface area (Å²) in [7, 11) is 3.51. The Balaban J connectivity index is 2.02. The van der Waals surface area contributed by atoms with Gasteiger partial charge >= 0.3 is 0 Å². The van der Waals surface area contributed by atoms with E-state index in [9.17, 15) is 4.79 Å². The Morgan fingerprint density at radius 1 is 1.43 bits per heavy atom. The summed E-state index contributed by atoms with van der Waals surface area (Å²) >= 11 is 0. The van der Waals surface area contributed by atoms with E-state index in [-0.39, 0.29) is 5.91 Å². The van der Waals surface area contributed by atoms with Gasteiger partial charge in [0, 0.05) is 58.1 Å². The summed E-state index contributed by atoms with van der Waals surface area (Å²) in [6, 6.07) is 0. The highest BCUT2D eigenvalue weighted by molar-refractivity contribution is 5.84. The van der Waals surface area contributed by atoms with Crippen LogP contribution in [-0.4, -0.2) is 65.1 Å². The fourth-order valence-corrected chi connectivity index (χ4v) is 2.59. The van der Waals surface area contributed by atoms with Crippen LogP contribution < -0.4 is 0 Å². The SMILES string of the molecule is CCc1ncc(CN2CCO[C@](C)(C(=O)N(C)C)C2)cn1. The Bertz CT molecular complexity index is 489. The molecule has 1 aromatic heterocycles. The minimum absolute atomic E-state index is 0.00443. The summed E-state index contributed by atoms with van der Waals surface area (Å²) in [5.41, 5.74) is 0.292. The first-order chi connectivity index (χ1) is 9.94. The molecule has 1 aliphatic heterocycles. The second kappa shape index (κ2) is 6.49. The molecule has 0 unspecified atom stereocenters. The Hall–Kier alpha value is -1.53. The highest BCUT2D eigenvalue weighted by atomic mass is 16.5. The van der Waals surface area contributed by atoms with Crippen molar-refractivity contribution in [3.8, 4) is 0 Å². The number of carbonyl (C=O) groups is 1. The minimum atomic E-state index is -0.772. The monoisotopic (exact) mass is 292 g/mol. The predicted molar refractivity (Wildman–Crippen MR) is 79.7 cm³/mol. The zero-order valence-corrected chi connectivity index (χ0v) is 13.3. The van der Waals surface area contributed by atoms with Crippen LogP contribution in [0.4, 0.5) is 0 Å². The molecule has 1 fully saturated rings. The normalized spacial score (nSPS) is 23.0. The maximum absolute atomic E-state index is 12.3. The summed E-state index contributed by atoms with van der Waals surface area (Å²) in [5, 5.41) is 0. The van der Waals surface area contributed by atoms with E-state index in [1.807, 2.05) is 26.2 Å². The Kier molecular flexibility index (Phi) is 4.90. The van der Waals surface area contributed by atoms with Gasteiger partial charge in [0.15, 0.2) is 5.60 Å². The molecule has 1 amide bonds. The molecule has 1 aromatic rings. The molecule has 2 rings (SSSR count). The van der Waals surface area contributed by atoms with Gasteiger partial charge in [0.2, 0.25) is 0 Å². The number of amides is 1. The molecule has 0 aliphatic carbocycles. The number of aryl methyl sites for hydroxylation is 1. The van der Waals surface area contributed by atoms with Crippen molar-refractivity contribution in [2.45, 2.75) is 32.4 Å². The number of likely N-dealkylation sites (N-methyl/N-ethyl adjacent to an activating group) is 1. The lowest BCUT2D eigenvalue weighted by atomic mass is 10.0. The topological polar surface area (TPSA) is 58.6 Å². The molecular formula is C15H24N4O2. The van der Waals surface area contributed by atoms with Crippen LogP contribution in [0.15, 0.2) is 12.4 Å². The van der Waals surface area contributed by atoms with Crippen LogP contribution in [0.1, 0.15) is 25.2 Å². The highest BCUT2D eigenvalue weighted by Crippen LogP contribution is 2.21. The molecule has 116 valence electrons. The fourth-order valence-electron chi connectivity index (χ4n) is 2.59. The number of morpholine rings is 1. The van der Waals surface area contributed by atoms with Crippen molar-refractivity contribution < 1.29 is 9.53 Å². The minimum Gasteiger partial charge on any atom is -0.363 e. The van der Waals surface area contributed by atoms with Crippen LogP contribution in [0.5, 0.6) is 0 Å². The molecule has 1 saturated heterocycles. The van der Waals surface area contributed by atoms with E-state index < -0.39 is 5.60 Å². The standard InChI is InChI=1S/C15H24N4O2/c1-5-13-16-8-12(9-17-13)10-19-6-7-21-15(2,11-19)14(20)18(3)4/h8-9H,5-7,10-11H2,1-4H3/t15-/m0/s1. The average molecular weight is 292 g/mol. The third kappa shape index (κ3) is 3.77. The van der Waals surface area contributed by atoms with Gasteiger partial charge in [0.05, 0.1) is 6.61 Å². The van der Waals surface area contributed by atoms with Crippen molar-refractivity contribution in [2.24, 2.45) is 0 Å². The molecule has 0 saturated carbocycles. The van der Waals surface area contributed by atoms with E-state index >= 15 is 0 Å². The third-order valence-corrected chi connectivity index (χ3v) is 3.69. The van der Waals surface area contributed by atoms with E-state index in [4.69, 9.17) is 4.74 Å². The number of hydrogen-bond acceptors (Lipinski definition) is 5. The molecule has 0 aromatic carbocycles. The maximum atomic E-state index is 12.3. The number of hydrogen-bond donors (Lipinski definition) is 0. The molecular weight excluding hydrogens is 268 g/mol. The zero-order valence-electron chi connectivity index (χ0n) is 13.3. The van der Waals surface area contributed by atoms with E-state index in [0.29, 0.717) is 13.2 Å². The van der Waals surface area contributed by atoms with Crippen molar-refractivity contribution in [1.29, 1.82) is 0 Å². The molecule has 0 spiro atoms. The molecule has 0 bridgehead atoms. The van der Waals surface area contributed by atoms with Crippen molar-refractivity contribution in [3.05, 3.63) is 23.8 Å². The van der Waals surface area contributed by atoms with Crippen molar-refractivity contribution in [1.82, 2.24) is 19.8 Å². The van der Waals surface area contributed by atoms with Gasteiger partial charge in [-0.15, -0.1) is 0 Å². The van der Waals surface area contributed by atoms with Gasteiger partial charge in [-0.1, -0.05) is 6.92 Å². The lowest BCUT2D eigenvalue weighted by molar-refractivity contribution is -0.165. The molecule has 2 heterocycles. The van der Waals surface area contributed by atoms with Gasteiger partial charge in [-0.25, -0.2) is 9.97 Å². The number of ether oxygens (including phenoxy) is 1.